The highest BCUT2D eigenvalue weighted by molar-refractivity contribution is 6.21. The molecule has 0 aliphatic heterocycles. The highest BCUT2D eigenvalue weighted by Gasteiger charge is 2.23. The Labute approximate surface area is 265 Å². The molecule has 0 atom stereocenters. The predicted molar refractivity (Wildman–Crippen MR) is 187 cm³/mol. The molecule has 9 aromatic rings. The van der Waals surface area contributed by atoms with E-state index in [1.54, 1.807) is 0 Å². The average molecular weight is 590 g/mol. The van der Waals surface area contributed by atoms with Crippen LogP contribution >= 0.6 is 0 Å². The highest BCUT2D eigenvalue weighted by Crippen LogP contribution is 2.42. The van der Waals surface area contributed by atoms with Crippen LogP contribution in [0.3, 0.4) is 0 Å². The molecule has 0 saturated carbocycles. The monoisotopic (exact) mass is 589 g/mol. The molecule has 0 aliphatic carbocycles. The molecule has 216 valence electrons. The third kappa shape index (κ3) is 4.21. The Kier molecular flexibility index (Phi) is 6.06. The molecule has 0 aliphatic rings. The molecule has 0 spiro atoms. The van der Waals surface area contributed by atoms with Gasteiger partial charge in [0.2, 0.25) is 0 Å². The minimum absolute atomic E-state index is 0.635. The molecule has 0 bridgehead atoms. The van der Waals surface area contributed by atoms with Crippen molar-refractivity contribution in [3.63, 3.8) is 0 Å². The molecule has 5 nitrogen and oxygen atoms in total. The summed E-state index contributed by atoms with van der Waals surface area (Å²) in [6, 6.07) is 54.5. The van der Waals surface area contributed by atoms with Gasteiger partial charge in [0.15, 0.2) is 17.5 Å². The van der Waals surface area contributed by atoms with Gasteiger partial charge < -0.3 is 8.97 Å². The SMILES string of the molecule is c1ccc(-c2nc(-c3ccccc3)nc(-c3cccc(-c4c5c(c6ccccc6n5-c5ccccc5)c5ccccn45)c3)n2)cc1. The summed E-state index contributed by atoms with van der Waals surface area (Å²) in [4.78, 5) is 14.9. The minimum Gasteiger partial charge on any atom is -0.314 e. The van der Waals surface area contributed by atoms with Crippen molar-refractivity contribution in [1.29, 1.82) is 0 Å². The van der Waals surface area contributed by atoms with E-state index < -0.39 is 0 Å². The van der Waals surface area contributed by atoms with E-state index >= 15 is 0 Å². The minimum atomic E-state index is 0.635. The number of hydrogen-bond acceptors (Lipinski definition) is 3. The Morgan fingerprint density at radius 3 is 1.63 bits per heavy atom. The van der Waals surface area contributed by atoms with E-state index in [1.807, 2.05) is 60.7 Å². The van der Waals surface area contributed by atoms with Crippen molar-refractivity contribution in [3.05, 3.63) is 164 Å². The number of para-hydroxylation sites is 2. The molecule has 9 rings (SSSR count). The zero-order chi connectivity index (χ0) is 30.5. The fraction of sp³-hybridized carbons (Fsp3) is 0. The molecule has 0 fully saturated rings. The van der Waals surface area contributed by atoms with Crippen molar-refractivity contribution in [2.75, 3.05) is 0 Å². The summed E-state index contributed by atoms with van der Waals surface area (Å²) in [6.45, 7) is 0. The van der Waals surface area contributed by atoms with Crippen molar-refractivity contribution in [2.24, 2.45) is 0 Å². The van der Waals surface area contributed by atoms with Crippen molar-refractivity contribution in [1.82, 2.24) is 23.9 Å². The molecular weight excluding hydrogens is 562 g/mol. The van der Waals surface area contributed by atoms with E-state index in [4.69, 9.17) is 15.0 Å². The molecular formula is C41H27N5. The predicted octanol–water partition coefficient (Wildman–Crippen LogP) is 9.89. The topological polar surface area (TPSA) is 48.0 Å². The number of fused-ring (bicyclic) bond motifs is 5. The lowest BCUT2D eigenvalue weighted by Crippen LogP contribution is -2.00. The second-order valence-corrected chi connectivity index (χ2v) is 11.3. The summed E-state index contributed by atoms with van der Waals surface area (Å²) in [6.07, 6.45) is 2.16. The van der Waals surface area contributed by atoms with Crippen LogP contribution in [0.4, 0.5) is 0 Å². The summed E-state index contributed by atoms with van der Waals surface area (Å²) in [5.41, 5.74) is 9.67. The molecule has 0 saturated heterocycles. The first-order valence-electron chi connectivity index (χ1n) is 15.4. The van der Waals surface area contributed by atoms with Gasteiger partial charge in [-0.1, -0.05) is 121 Å². The lowest BCUT2D eigenvalue weighted by molar-refractivity contribution is 1.07. The van der Waals surface area contributed by atoms with Gasteiger partial charge in [-0.25, -0.2) is 15.0 Å². The van der Waals surface area contributed by atoms with Crippen LogP contribution in [0.2, 0.25) is 0 Å². The molecule has 46 heavy (non-hydrogen) atoms. The van der Waals surface area contributed by atoms with E-state index in [-0.39, 0.29) is 0 Å². The Balaban J connectivity index is 1.32. The van der Waals surface area contributed by atoms with E-state index in [2.05, 4.69) is 112 Å². The maximum Gasteiger partial charge on any atom is 0.164 e. The summed E-state index contributed by atoms with van der Waals surface area (Å²) in [7, 11) is 0. The summed E-state index contributed by atoms with van der Waals surface area (Å²) < 4.78 is 4.71. The lowest BCUT2D eigenvalue weighted by Gasteiger charge is -2.12. The fourth-order valence-electron chi connectivity index (χ4n) is 6.54. The van der Waals surface area contributed by atoms with E-state index in [0.29, 0.717) is 17.5 Å². The molecule has 0 N–H and O–H groups in total. The maximum absolute atomic E-state index is 5.01. The van der Waals surface area contributed by atoms with Gasteiger partial charge in [0.05, 0.1) is 22.2 Å². The molecule has 0 radical (unpaired) electrons. The smallest absolute Gasteiger partial charge is 0.164 e. The van der Waals surface area contributed by atoms with Crippen LogP contribution in [-0.2, 0) is 0 Å². The molecule has 5 aromatic carbocycles. The highest BCUT2D eigenvalue weighted by atomic mass is 15.0. The maximum atomic E-state index is 5.01. The molecule has 0 unspecified atom stereocenters. The lowest BCUT2D eigenvalue weighted by atomic mass is 10.1. The third-order valence-corrected chi connectivity index (χ3v) is 8.56. The first kappa shape index (κ1) is 26.1. The number of benzene rings is 5. The zero-order valence-corrected chi connectivity index (χ0v) is 24.8. The van der Waals surface area contributed by atoms with Crippen molar-refractivity contribution in [2.45, 2.75) is 0 Å². The summed E-state index contributed by atoms with van der Waals surface area (Å²) in [5, 5.41) is 2.46. The van der Waals surface area contributed by atoms with Gasteiger partial charge in [-0.05, 0) is 36.4 Å². The first-order chi connectivity index (χ1) is 22.8. The van der Waals surface area contributed by atoms with E-state index in [1.165, 1.54) is 27.3 Å². The third-order valence-electron chi connectivity index (χ3n) is 8.56. The number of rotatable bonds is 5. The van der Waals surface area contributed by atoms with Gasteiger partial charge in [-0.2, -0.15) is 0 Å². The standard InChI is InChI=1S/C41H27N5/c1-4-15-28(16-5-1)39-42-40(29-17-6-2-7-18-29)44-41(43-39)31-20-14-19-30(27-31)37-38-36(35-25-12-13-26-45(35)37)33-23-10-11-24-34(33)46(38)32-21-8-3-9-22-32/h1-27H. The van der Waals surface area contributed by atoms with E-state index in [0.717, 1.165) is 33.6 Å². The van der Waals surface area contributed by atoms with Gasteiger partial charge in [-0.15, -0.1) is 0 Å². The number of nitrogens with zero attached hydrogens (tertiary/aromatic N) is 5. The van der Waals surface area contributed by atoms with Crippen molar-refractivity contribution >= 4 is 27.3 Å². The van der Waals surface area contributed by atoms with Gasteiger partial charge >= 0.3 is 0 Å². The Hall–Kier alpha value is -6.33. The second kappa shape index (κ2) is 10.7. The van der Waals surface area contributed by atoms with Crippen LogP contribution in [0.5, 0.6) is 0 Å². The number of pyridine rings is 1. The van der Waals surface area contributed by atoms with Gasteiger partial charge in [0.1, 0.15) is 0 Å². The number of aromatic nitrogens is 5. The van der Waals surface area contributed by atoms with Gasteiger partial charge in [0.25, 0.3) is 0 Å². The Bertz CT molecular complexity index is 2460. The van der Waals surface area contributed by atoms with Crippen molar-refractivity contribution < 1.29 is 0 Å². The fourth-order valence-corrected chi connectivity index (χ4v) is 6.54. The van der Waals surface area contributed by atoms with Crippen LogP contribution in [0.15, 0.2) is 164 Å². The Morgan fingerprint density at radius 2 is 0.935 bits per heavy atom. The molecule has 4 heterocycles. The largest absolute Gasteiger partial charge is 0.314 e. The Morgan fingerprint density at radius 1 is 0.413 bits per heavy atom. The van der Waals surface area contributed by atoms with Crippen LogP contribution in [0, 0.1) is 0 Å². The molecule has 5 heteroatoms. The second-order valence-electron chi connectivity index (χ2n) is 11.3. The summed E-state index contributed by atoms with van der Waals surface area (Å²) in [5.74, 6) is 1.93. The van der Waals surface area contributed by atoms with Crippen LogP contribution in [0.25, 0.3) is 78.4 Å². The van der Waals surface area contributed by atoms with E-state index in [9.17, 15) is 0 Å². The van der Waals surface area contributed by atoms with Crippen LogP contribution in [-0.4, -0.2) is 23.9 Å². The molecule has 0 amide bonds. The zero-order valence-electron chi connectivity index (χ0n) is 24.8. The number of hydrogen-bond donors (Lipinski definition) is 0. The normalized spacial score (nSPS) is 11.5. The first-order valence-corrected chi connectivity index (χ1v) is 15.4. The quantitative estimate of drug-likeness (QED) is 0.201. The van der Waals surface area contributed by atoms with Crippen LogP contribution in [0.1, 0.15) is 0 Å². The van der Waals surface area contributed by atoms with Gasteiger partial charge in [-0.3, -0.25) is 0 Å². The average Bonchev–Trinajstić information content (AvgIpc) is 3.65. The van der Waals surface area contributed by atoms with Crippen molar-refractivity contribution in [3.8, 4) is 51.1 Å². The van der Waals surface area contributed by atoms with Gasteiger partial charge in [0, 0.05) is 44.9 Å². The summed E-state index contributed by atoms with van der Waals surface area (Å²) >= 11 is 0. The molecule has 4 aromatic heterocycles. The van der Waals surface area contributed by atoms with Crippen LogP contribution < -0.4 is 0 Å².